The van der Waals surface area contributed by atoms with E-state index < -0.39 is 0 Å². The van der Waals surface area contributed by atoms with Crippen LogP contribution in [0.2, 0.25) is 0 Å². The molecule has 3 nitrogen and oxygen atoms in total. The highest BCUT2D eigenvalue weighted by molar-refractivity contribution is 14.1. The van der Waals surface area contributed by atoms with Gasteiger partial charge in [-0.1, -0.05) is 15.9 Å². The lowest BCUT2D eigenvalue weighted by Crippen LogP contribution is -2.30. The largest absolute Gasteiger partial charge is 0.496 e. The van der Waals surface area contributed by atoms with Crippen molar-refractivity contribution in [2.45, 2.75) is 5.37 Å². The fraction of sp³-hybridized carbons (Fsp3) is 0.235. The highest BCUT2D eigenvalue weighted by Crippen LogP contribution is 2.43. The number of benzene rings is 2. The van der Waals surface area contributed by atoms with Crippen LogP contribution < -0.4 is 4.74 Å². The van der Waals surface area contributed by atoms with Crippen molar-refractivity contribution in [3.8, 4) is 5.75 Å². The van der Waals surface area contributed by atoms with Crippen LogP contribution in [0.4, 0.5) is 0 Å². The maximum absolute atomic E-state index is 12.9. The number of rotatable bonds is 3. The molecule has 0 saturated carbocycles. The third kappa shape index (κ3) is 3.69. The van der Waals surface area contributed by atoms with Gasteiger partial charge in [0.25, 0.3) is 5.91 Å². The number of amides is 1. The second-order valence-electron chi connectivity index (χ2n) is 5.11. The van der Waals surface area contributed by atoms with Crippen molar-refractivity contribution in [2.24, 2.45) is 0 Å². The number of methoxy groups -OCH3 is 1. The Kier molecular flexibility index (Phi) is 5.53. The smallest absolute Gasteiger partial charge is 0.255 e. The molecule has 0 aliphatic carbocycles. The predicted molar refractivity (Wildman–Crippen MR) is 106 cm³/mol. The first kappa shape index (κ1) is 17.1. The molecular weight excluding hydrogens is 489 g/mol. The lowest BCUT2D eigenvalue weighted by atomic mass is 10.1. The van der Waals surface area contributed by atoms with Gasteiger partial charge in [-0.15, -0.1) is 11.8 Å². The zero-order valence-electron chi connectivity index (χ0n) is 12.5. The molecule has 0 bridgehead atoms. The Bertz CT molecular complexity index is 723. The summed E-state index contributed by atoms with van der Waals surface area (Å²) in [6.07, 6.45) is 0. The van der Waals surface area contributed by atoms with E-state index in [1.54, 1.807) is 18.9 Å². The monoisotopic (exact) mass is 503 g/mol. The quantitative estimate of drug-likeness (QED) is 0.555. The van der Waals surface area contributed by atoms with Gasteiger partial charge in [-0.2, -0.15) is 0 Å². The van der Waals surface area contributed by atoms with Crippen LogP contribution in [0.3, 0.4) is 0 Å². The van der Waals surface area contributed by atoms with Crippen molar-refractivity contribution >= 4 is 56.2 Å². The van der Waals surface area contributed by atoms with E-state index in [0.717, 1.165) is 37.2 Å². The second-order valence-corrected chi connectivity index (χ2v) is 8.46. The first-order valence-electron chi connectivity index (χ1n) is 7.11. The van der Waals surface area contributed by atoms with Crippen LogP contribution in [0.15, 0.2) is 46.9 Å². The topological polar surface area (TPSA) is 29.5 Å². The standard InChI is InChI=1S/C17H15BrINO2S/c1-22-15-7-4-12(18)10-14(15)17-20(8-9-23-17)16(21)11-2-5-13(19)6-3-11/h2-7,10,17H,8-9H2,1H3. The van der Waals surface area contributed by atoms with E-state index in [1.807, 2.05) is 47.4 Å². The number of carbonyl (C=O) groups excluding carboxylic acids is 1. The molecule has 0 N–H and O–H groups in total. The van der Waals surface area contributed by atoms with Gasteiger partial charge < -0.3 is 9.64 Å². The molecule has 1 aliphatic rings. The molecule has 23 heavy (non-hydrogen) atoms. The Labute approximate surface area is 162 Å². The van der Waals surface area contributed by atoms with Crippen molar-refractivity contribution in [2.75, 3.05) is 19.4 Å². The average Bonchev–Trinajstić information content (AvgIpc) is 3.04. The van der Waals surface area contributed by atoms with Crippen molar-refractivity contribution in [1.82, 2.24) is 4.90 Å². The number of halogens is 2. The van der Waals surface area contributed by atoms with Crippen LogP contribution >= 0.6 is 50.3 Å². The molecule has 6 heteroatoms. The van der Waals surface area contributed by atoms with E-state index in [-0.39, 0.29) is 11.3 Å². The number of carbonyl (C=O) groups is 1. The first-order chi connectivity index (χ1) is 11.1. The van der Waals surface area contributed by atoms with Crippen LogP contribution in [0.5, 0.6) is 5.75 Å². The van der Waals surface area contributed by atoms with Gasteiger partial charge in [0.15, 0.2) is 0 Å². The highest BCUT2D eigenvalue weighted by atomic mass is 127. The molecule has 2 aromatic carbocycles. The van der Waals surface area contributed by atoms with E-state index in [2.05, 4.69) is 38.5 Å². The average molecular weight is 504 g/mol. The van der Waals surface area contributed by atoms with Crippen LogP contribution in [-0.2, 0) is 0 Å². The van der Waals surface area contributed by atoms with Gasteiger partial charge in [0.2, 0.25) is 0 Å². The molecule has 1 aliphatic heterocycles. The number of ether oxygens (including phenoxy) is 1. The van der Waals surface area contributed by atoms with Crippen LogP contribution in [-0.4, -0.2) is 30.2 Å². The summed E-state index contributed by atoms with van der Waals surface area (Å²) in [5.41, 5.74) is 1.76. The number of thioether (sulfide) groups is 1. The molecular formula is C17H15BrINO2S. The van der Waals surface area contributed by atoms with Crippen LogP contribution in [0.25, 0.3) is 0 Å². The van der Waals surface area contributed by atoms with Gasteiger partial charge >= 0.3 is 0 Å². The molecule has 1 unspecified atom stereocenters. The molecule has 1 atom stereocenters. The van der Waals surface area contributed by atoms with Gasteiger partial charge in [0, 0.05) is 31.5 Å². The minimum absolute atomic E-state index is 0.0192. The molecule has 3 rings (SSSR count). The van der Waals surface area contributed by atoms with Crippen molar-refractivity contribution in [3.63, 3.8) is 0 Å². The normalized spacial score (nSPS) is 17.3. The fourth-order valence-corrected chi connectivity index (χ4v) is 4.60. The van der Waals surface area contributed by atoms with Crippen molar-refractivity contribution < 1.29 is 9.53 Å². The van der Waals surface area contributed by atoms with Gasteiger partial charge in [0.1, 0.15) is 11.1 Å². The lowest BCUT2D eigenvalue weighted by Gasteiger charge is -2.25. The summed E-state index contributed by atoms with van der Waals surface area (Å²) in [7, 11) is 1.66. The second kappa shape index (κ2) is 7.44. The summed E-state index contributed by atoms with van der Waals surface area (Å²) in [4.78, 5) is 14.8. The molecule has 1 saturated heterocycles. The Morgan fingerprint density at radius 2 is 2.04 bits per heavy atom. The van der Waals surface area contributed by atoms with E-state index in [4.69, 9.17) is 4.74 Å². The Hall–Kier alpha value is -0.730. The minimum Gasteiger partial charge on any atom is -0.496 e. The molecule has 1 heterocycles. The van der Waals surface area contributed by atoms with Crippen LogP contribution in [0.1, 0.15) is 21.3 Å². The molecule has 0 aromatic heterocycles. The highest BCUT2D eigenvalue weighted by Gasteiger charge is 2.33. The first-order valence-corrected chi connectivity index (χ1v) is 10.0. The van der Waals surface area contributed by atoms with Crippen LogP contribution in [0, 0.1) is 3.57 Å². The Morgan fingerprint density at radius 3 is 2.74 bits per heavy atom. The summed E-state index contributed by atoms with van der Waals surface area (Å²) in [6.45, 7) is 0.746. The van der Waals surface area contributed by atoms with E-state index >= 15 is 0 Å². The number of hydrogen-bond donors (Lipinski definition) is 0. The summed E-state index contributed by atoms with van der Waals surface area (Å²) in [5, 5.41) is -0.0192. The minimum atomic E-state index is -0.0192. The Balaban J connectivity index is 1.92. The Morgan fingerprint density at radius 1 is 1.30 bits per heavy atom. The molecule has 0 spiro atoms. The van der Waals surface area contributed by atoms with Crippen molar-refractivity contribution in [3.05, 3.63) is 61.6 Å². The number of nitrogens with zero attached hydrogens (tertiary/aromatic N) is 1. The summed E-state index contributed by atoms with van der Waals surface area (Å²) in [5.74, 6) is 1.81. The SMILES string of the molecule is COc1ccc(Br)cc1C1SCCN1C(=O)c1ccc(I)cc1. The maximum atomic E-state index is 12.9. The molecule has 120 valence electrons. The van der Waals surface area contributed by atoms with E-state index in [9.17, 15) is 4.79 Å². The van der Waals surface area contributed by atoms with Gasteiger partial charge in [-0.25, -0.2) is 0 Å². The number of hydrogen-bond acceptors (Lipinski definition) is 3. The lowest BCUT2D eigenvalue weighted by molar-refractivity contribution is 0.0759. The van der Waals surface area contributed by atoms with Gasteiger partial charge in [0.05, 0.1) is 7.11 Å². The van der Waals surface area contributed by atoms with E-state index in [0.29, 0.717) is 0 Å². The summed E-state index contributed by atoms with van der Waals surface area (Å²) < 4.78 is 7.60. The summed E-state index contributed by atoms with van der Waals surface area (Å²) in [6, 6.07) is 13.6. The zero-order chi connectivity index (χ0) is 16.4. The zero-order valence-corrected chi connectivity index (χ0v) is 17.0. The molecule has 0 radical (unpaired) electrons. The van der Waals surface area contributed by atoms with Gasteiger partial charge in [-0.05, 0) is 65.1 Å². The van der Waals surface area contributed by atoms with Crippen molar-refractivity contribution in [1.29, 1.82) is 0 Å². The predicted octanol–water partition coefficient (Wildman–Crippen LogP) is 4.95. The molecule has 2 aromatic rings. The third-order valence-corrected chi connectivity index (χ3v) is 6.16. The fourth-order valence-electron chi connectivity index (χ4n) is 2.59. The molecule has 1 amide bonds. The van der Waals surface area contributed by atoms with Gasteiger partial charge in [-0.3, -0.25) is 4.79 Å². The summed E-state index contributed by atoms with van der Waals surface area (Å²) >= 11 is 7.53. The maximum Gasteiger partial charge on any atom is 0.255 e. The third-order valence-electron chi connectivity index (χ3n) is 3.70. The van der Waals surface area contributed by atoms with E-state index in [1.165, 1.54) is 0 Å². The molecule has 1 fully saturated rings.